The number of quaternary nitrogens is 1. The largest absolute Gasteiger partial charge is 0.578 e. The molecule has 48 valence electrons. The molecule has 0 fully saturated rings. The third kappa shape index (κ3) is 3.43. The molecule has 0 radical (unpaired) electrons. The standard InChI is InChI=1S/CH6N4O3/c1-8-5(7)3-2-4-6/h5H,1H3,(H,2,6)(H,3,4). The highest BCUT2D eigenvalue weighted by Crippen LogP contribution is 1.36. The SMILES string of the molecule is CO[NH+]([O-])NNN=O. The Balaban J connectivity index is 2.97. The molecule has 1 atom stereocenters. The molecule has 0 aromatic rings. The van der Waals surface area contributed by atoms with Crippen molar-refractivity contribution in [1.29, 1.82) is 0 Å². The van der Waals surface area contributed by atoms with Gasteiger partial charge in [0.05, 0.1) is 12.4 Å². The highest BCUT2D eigenvalue weighted by molar-refractivity contribution is 4.04. The van der Waals surface area contributed by atoms with Crippen LogP contribution in [0.1, 0.15) is 0 Å². The first kappa shape index (κ1) is 7.24. The van der Waals surface area contributed by atoms with Crippen molar-refractivity contribution in [2.45, 2.75) is 0 Å². The van der Waals surface area contributed by atoms with E-state index in [-0.39, 0.29) is 0 Å². The van der Waals surface area contributed by atoms with Crippen molar-refractivity contribution in [3.63, 3.8) is 0 Å². The van der Waals surface area contributed by atoms with Gasteiger partial charge < -0.3 is 5.21 Å². The van der Waals surface area contributed by atoms with Gasteiger partial charge in [0.2, 0.25) is 0 Å². The summed E-state index contributed by atoms with van der Waals surface area (Å²) < 4.78 is 0. The molecule has 0 saturated heterocycles. The van der Waals surface area contributed by atoms with Crippen LogP contribution >= 0.6 is 0 Å². The van der Waals surface area contributed by atoms with E-state index in [0.717, 1.165) is 0 Å². The quantitative estimate of drug-likeness (QED) is 0.286. The van der Waals surface area contributed by atoms with Crippen LogP contribution in [0.4, 0.5) is 0 Å². The number of hydrogen-bond donors (Lipinski definition) is 3. The Bertz CT molecular complexity index is 66.3. The minimum atomic E-state index is -0.760. The molecule has 0 aromatic carbocycles. The van der Waals surface area contributed by atoms with Gasteiger partial charge >= 0.3 is 0 Å². The Kier molecular flexibility index (Phi) is 3.98. The molecule has 7 heteroatoms. The number of rotatable bonds is 4. The second kappa shape index (κ2) is 4.40. The second-order valence-electron chi connectivity index (χ2n) is 0.820. The molecule has 8 heavy (non-hydrogen) atoms. The number of nitroso groups, excluding NO2 is 1. The zero-order valence-corrected chi connectivity index (χ0v) is 4.17. The Hall–Kier alpha value is -0.760. The van der Waals surface area contributed by atoms with E-state index < -0.39 is 5.34 Å². The molecule has 0 heterocycles. The molecule has 0 aliphatic rings. The fraction of sp³-hybridized carbons (Fsp3) is 1.00. The van der Waals surface area contributed by atoms with Gasteiger partial charge in [0.1, 0.15) is 0 Å². The van der Waals surface area contributed by atoms with E-state index in [4.69, 9.17) is 0 Å². The molecule has 0 aliphatic carbocycles. The van der Waals surface area contributed by atoms with Crippen LogP contribution in [0.3, 0.4) is 0 Å². The molecular formula is CH6N4O3. The average molecular weight is 122 g/mol. The van der Waals surface area contributed by atoms with Gasteiger partial charge in [0.25, 0.3) is 0 Å². The normalized spacial score (nSPS) is 12.8. The number of hydrazine groups is 1. The first-order chi connectivity index (χ1) is 3.81. The maximum Gasteiger partial charge on any atom is 0.0984 e. The fourth-order valence-corrected chi connectivity index (χ4v) is 0.119. The molecule has 0 bridgehead atoms. The predicted molar refractivity (Wildman–Crippen MR) is 23.4 cm³/mol. The minimum Gasteiger partial charge on any atom is -0.578 e. The van der Waals surface area contributed by atoms with Gasteiger partial charge in [0.15, 0.2) is 0 Å². The highest BCUT2D eigenvalue weighted by atomic mass is 16.9. The van der Waals surface area contributed by atoms with Gasteiger partial charge in [0, 0.05) is 0 Å². The lowest BCUT2D eigenvalue weighted by atomic mass is 11.7. The van der Waals surface area contributed by atoms with E-state index in [1.54, 1.807) is 11.1 Å². The van der Waals surface area contributed by atoms with Crippen molar-refractivity contribution in [3.8, 4) is 0 Å². The smallest absolute Gasteiger partial charge is 0.0984 e. The minimum absolute atomic E-state index is 0.760. The zero-order valence-electron chi connectivity index (χ0n) is 4.17. The lowest BCUT2D eigenvalue weighted by molar-refractivity contribution is -1.09. The van der Waals surface area contributed by atoms with Crippen molar-refractivity contribution in [2.75, 3.05) is 7.11 Å². The predicted octanol–water partition coefficient (Wildman–Crippen LogP) is -2.38. The summed E-state index contributed by atoms with van der Waals surface area (Å²) in [6.45, 7) is 0. The van der Waals surface area contributed by atoms with Gasteiger partial charge in [-0.05, 0) is 5.53 Å². The monoisotopic (exact) mass is 122 g/mol. The average Bonchev–Trinajstić information content (AvgIpc) is 1.83. The number of nitrogens with one attached hydrogen (secondary N) is 3. The summed E-state index contributed by atoms with van der Waals surface area (Å²) in [4.78, 5) is 13.2. The maximum absolute atomic E-state index is 9.98. The van der Waals surface area contributed by atoms with Crippen molar-refractivity contribution < 1.29 is 10.2 Å². The van der Waals surface area contributed by atoms with Gasteiger partial charge in [-0.15, -0.1) is 10.2 Å². The van der Waals surface area contributed by atoms with Gasteiger partial charge in [-0.25, -0.2) is 0 Å². The van der Waals surface area contributed by atoms with Crippen LogP contribution < -0.4 is 16.4 Å². The molecule has 0 saturated carbocycles. The molecular weight excluding hydrogens is 116 g/mol. The number of nitrogens with zero attached hydrogens (tertiary/aromatic N) is 1. The molecule has 0 aliphatic heterocycles. The van der Waals surface area contributed by atoms with Crippen LogP contribution in [0.5, 0.6) is 0 Å². The van der Waals surface area contributed by atoms with Crippen molar-refractivity contribution in [3.05, 3.63) is 10.1 Å². The van der Waals surface area contributed by atoms with Crippen LogP contribution in [0.15, 0.2) is 5.29 Å². The van der Waals surface area contributed by atoms with Crippen LogP contribution in [0.25, 0.3) is 0 Å². The third-order valence-corrected chi connectivity index (χ3v) is 0.389. The third-order valence-electron chi connectivity index (χ3n) is 0.389. The van der Waals surface area contributed by atoms with E-state index in [1.807, 2.05) is 0 Å². The summed E-state index contributed by atoms with van der Waals surface area (Å²) in [7, 11) is 1.17. The van der Waals surface area contributed by atoms with Crippen LogP contribution in [0.2, 0.25) is 0 Å². The molecule has 0 aromatic heterocycles. The van der Waals surface area contributed by atoms with E-state index >= 15 is 0 Å². The molecule has 0 amide bonds. The second-order valence-corrected chi connectivity index (χ2v) is 0.820. The summed E-state index contributed by atoms with van der Waals surface area (Å²) in [6, 6.07) is 0. The summed E-state index contributed by atoms with van der Waals surface area (Å²) in [5.41, 5.74) is 3.44. The van der Waals surface area contributed by atoms with Gasteiger partial charge in [-0.3, -0.25) is 0 Å². The Morgan fingerprint density at radius 1 is 1.88 bits per heavy atom. The number of hydrogen-bond acceptors (Lipinski definition) is 5. The summed E-state index contributed by atoms with van der Waals surface area (Å²) in [5.74, 6) is 0. The van der Waals surface area contributed by atoms with Gasteiger partial charge in [-0.2, -0.15) is 10.4 Å². The van der Waals surface area contributed by atoms with E-state index in [1.165, 1.54) is 7.11 Å². The summed E-state index contributed by atoms with van der Waals surface area (Å²) in [6.07, 6.45) is 0. The topological polar surface area (TPSA) is 90.2 Å². The van der Waals surface area contributed by atoms with Gasteiger partial charge in [-0.1, -0.05) is 0 Å². The molecule has 0 rings (SSSR count). The maximum atomic E-state index is 9.98. The Labute approximate surface area is 45.0 Å². The molecule has 7 nitrogen and oxygen atoms in total. The van der Waals surface area contributed by atoms with Crippen LogP contribution in [0, 0.1) is 10.1 Å². The van der Waals surface area contributed by atoms with E-state index in [2.05, 4.69) is 10.1 Å². The van der Waals surface area contributed by atoms with Crippen molar-refractivity contribution in [1.82, 2.24) is 11.1 Å². The van der Waals surface area contributed by atoms with Crippen LogP contribution in [-0.4, -0.2) is 7.11 Å². The van der Waals surface area contributed by atoms with E-state index in [0.29, 0.717) is 0 Å². The Morgan fingerprint density at radius 2 is 2.50 bits per heavy atom. The molecule has 3 N–H and O–H groups in total. The van der Waals surface area contributed by atoms with E-state index in [9.17, 15) is 10.1 Å². The highest BCUT2D eigenvalue weighted by Gasteiger charge is 1.85. The zero-order chi connectivity index (χ0) is 6.41. The lowest BCUT2D eigenvalue weighted by Gasteiger charge is -2.13. The first-order valence-electron chi connectivity index (χ1n) is 1.72. The van der Waals surface area contributed by atoms with Crippen LogP contribution in [-0.2, 0) is 4.84 Å². The Morgan fingerprint density at radius 3 is 2.88 bits per heavy atom. The molecule has 1 unspecified atom stereocenters. The summed E-state index contributed by atoms with van der Waals surface area (Å²) >= 11 is 0. The van der Waals surface area contributed by atoms with Crippen molar-refractivity contribution >= 4 is 0 Å². The lowest BCUT2D eigenvalue weighted by Crippen LogP contribution is -3.14. The fourth-order valence-electron chi connectivity index (χ4n) is 0.119. The molecule has 0 spiro atoms. The first-order valence-corrected chi connectivity index (χ1v) is 1.72. The summed E-state index contributed by atoms with van der Waals surface area (Å²) in [5, 5.41) is 11.3. The van der Waals surface area contributed by atoms with Crippen molar-refractivity contribution in [2.24, 2.45) is 5.29 Å².